The minimum atomic E-state index is -0.230. The van der Waals surface area contributed by atoms with Gasteiger partial charge in [0.2, 0.25) is 6.79 Å². The smallest absolute Gasteiger partial charge is 0.315 e. The molecule has 0 spiro atoms. The van der Waals surface area contributed by atoms with Crippen LogP contribution in [0.15, 0.2) is 41.0 Å². The monoisotopic (exact) mass is 331 g/mol. The Hall–Kier alpha value is -2.67. The summed E-state index contributed by atoms with van der Waals surface area (Å²) in [5.74, 6) is 2.26. The maximum atomic E-state index is 12.0. The molecule has 0 radical (unpaired) electrons. The zero-order valence-electron chi connectivity index (χ0n) is 13.7. The molecule has 3 rings (SSSR count). The molecule has 24 heavy (non-hydrogen) atoms. The molecule has 1 aliphatic rings. The average Bonchev–Trinajstić information content (AvgIpc) is 3.23. The van der Waals surface area contributed by atoms with E-state index in [0.717, 1.165) is 17.1 Å². The van der Waals surface area contributed by atoms with E-state index in [-0.39, 0.29) is 18.9 Å². The van der Waals surface area contributed by atoms with Crippen molar-refractivity contribution in [3.8, 4) is 11.5 Å². The SMILES string of the molecule is CN(C)[C@@H](CNC(=O)NCc1ccc2c(c1)OCO2)c1ccco1. The Bertz CT molecular complexity index is 685. The van der Waals surface area contributed by atoms with Gasteiger partial charge in [-0.25, -0.2) is 4.79 Å². The molecular formula is C17H21N3O4. The fourth-order valence-corrected chi connectivity index (χ4v) is 2.50. The van der Waals surface area contributed by atoms with Gasteiger partial charge in [-0.05, 0) is 43.9 Å². The van der Waals surface area contributed by atoms with Gasteiger partial charge < -0.3 is 24.5 Å². The van der Waals surface area contributed by atoms with E-state index >= 15 is 0 Å². The van der Waals surface area contributed by atoms with E-state index in [9.17, 15) is 4.79 Å². The number of urea groups is 1. The molecule has 0 bridgehead atoms. The predicted octanol–water partition coefficient (Wildman–Crippen LogP) is 2.11. The van der Waals surface area contributed by atoms with Crippen LogP contribution in [0.5, 0.6) is 11.5 Å². The third-order valence-electron chi connectivity index (χ3n) is 3.84. The number of fused-ring (bicyclic) bond motifs is 1. The predicted molar refractivity (Wildman–Crippen MR) is 87.9 cm³/mol. The number of hydrogen-bond acceptors (Lipinski definition) is 5. The van der Waals surface area contributed by atoms with E-state index in [0.29, 0.717) is 18.8 Å². The highest BCUT2D eigenvalue weighted by atomic mass is 16.7. The molecule has 128 valence electrons. The van der Waals surface area contributed by atoms with Crippen molar-refractivity contribution in [2.24, 2.45) is 0 Å². The van der Waals surface area contributed by atoms with Crippen LogP contribution in [0.1, 0.15) is 17.4 Å². The number of furan rings is 1. The molecule has 2 amide bonds. The third-order valence-corrected chi connectivity index (χ3v) is 3.84. The van der Waals surface area contributed by atoms with E-state index in [2.05, 4.69) is 10.6 Å². The maximum absolute atomic E-state index is 12.0. The molecule has 0 saturated carbocycles. The lowest BCUT2D eigenvalue weighted by atomic mass is 10.2. The Kier molecular flexibility index (Phi) is 4.90. The van der Waals surface area contributed by atoms with E-state index in [1.165, 1.54) is 0 Å². The van der Waals surface area contributed by atoms with Crippen molar-refractivity contribution in [2.75, 3.05) is 27.4 Å². The minimum absolute atomic E-state index is 0.0173. The first kappa shape index (κ1) is 16.2. The van der Waals surface area contributed by atoms with Gasteiger partial charge in [0.15, 0.2) is 11.5 Å². The number of amides is 2. The normalized spacial score (nSPS) is 13.8. The van der Waals surface area contributed by atoms with Crippen molar-refractivity contribution >= 4 is 6.03 Å². The maximum Gasteiger partial charge on any atom is 0.315 e. The molecule has 0 unspecified atom stereocenters. The average molecular weight is 331 g/mol. The van der Waals surface area contributed by atoms with E-state index < -0.39 is 0 Å². The summed E-state index contributed by atoms with van der Waals surface area (Å²) in [6, 6.07) is 9.11. The van der Waals surface area contributed by atoms with Crippen molar-refractivity contribution < 1.29 is 18.7 Å². The molecule has 1 aromatic carbocycles. The van der Waals surface area contributed by atoms with Crippen LogP contribution in [-0.2, 0) is 6.54 Å². The number of ether oxygens (including phenoxy) is 2. The topological polar surface area (TPSA) is 76.0 Å². The van der Waals surface area contributed by atoms with Gasteiger partial charge in [0.25, 0.3) is 0 Å². The Morgan fingerprint density at radius 3 is 2.79 bits per heavy atom. The third kappa shape index (κ3) is 3.80. The van der Waals surface area contributed by atoms with E-state index in [1.807, 2.05) is 49.3 Å². The van der Waals surface area contributed by atoms with Crippen LogP contribution in [0.25, 0.3) is 0 Å². The molecule has 0 aliphatic carbocycles. The fourth-order valence-electron chi connectivity index (χ4n) is 2.50. The molecule has 1 aromatic heterocycles. The molecule has 0 saturated heterocycles. The highest BCUT2D eigenvalue weighted by molar-refractivity contribution is 5.73. The molecular weight excluding hydrogens is 310 g/mol. The summed E-state index contributed by atoms with van der Waals surface area (Å²) < 4.78 is 16.0. The van der Waals surface area contributed by atoms with Crippen molar-refractivity contribution in [1.82, 2.24) is 15.5 Å². The van der Waals surface area contributed by atoms with Crippen molar-refractivity contribution in [1.29, 1.82) is 0 Å². The van der Waals surface area contributed by atoms with Gasteiger partial charge in [0, 0.05) is 13.1 Å². The number of carbonyl (C=O) groups excluding carboxylic acids is 1. The summed E-state index contributed by atoms with van der Waals surface area (Å²) in [4.78, 5) is 14.0. The molecule has 1 atom stereocenters. The standard InChI is InChI=1S/C17H21N3O4/c1-20(2)13(14-4-3-7-22-14)10-19-17(21)18-9-12-5-6-15-16(8-12)24-11-23-15/h3-8,13H,9-11H2,1-2H3,(H2,18,19,21)/t13-/m0/s1. The number of benzene rings is 1. The zero-order valence-corrected chi connectivity index (χ0v) is 13.7. The molecule has 7 nitrogen and oxygen atoms in total. The van der Waals surface area contributed by atoms with Crippen LogP contribution in [0, 0.1) is 0 Å². The molecule has 2 aromatic rings. The second-order valence-corrected chi connectivity index (χ2v) is 5.75. The summed E-state index contributed by atoms with van der Waals surface area (Å²) in [7, 11) is 3.89. The van der Waals surface area contributed by atoms with E-state index in [1.54, 1.807) is 6.26 Å². The first-order chi connectivity index (χ1) is 11.6. The van der Waals surface area contributed by atoms with Crippen LogP contribution >= 0.6 is 0 Å². The molecule has 1 aliphatic heterocycles. The number of carbonyl (C=O) groups is 1. The Balaban J connectivity index is 1.49. The number of rotatable bonds is 6. The van der Waals surface area contributed by atoms with Crippen molar-refractivity contribution in [3.05, 3.63) is 47.9 Å². The Morgan fingerprint density at radius 2 is 2.04 bits per heavy atom. The Labute approximate surface area is 140 Å². The molecule has 2 N–H and O–H groups in total. The van der Waals surface area contributed by atoms with Gasteiger partial charge in [0.1, 0.15) is 5.76 Å². The van der Waals surface area contributed by atoms with Gasteiger partial charge in [-0.1, -0.05) is 6.07 Å². The molecule has 2 heterocycles. The summed E-state index contributed by atoms with van der Waals surface area (Å²) in [5, 5.41) is 5.70. The van der Waals surface area contributed by atoms with Gasteiger partial charge in [0.05, 0.1) is 12.3 Å². The van der Waals surface area contributed by atoms with Gasteiger partial charge in [-0.15, -0.1) is 0 Å². The summed E-state index contributed by atoms with van der Waals surface area (Å²) >= 11 is 0. The molecule has 0 fully saturated rings. The number of nitrogens with zero attached hydrogens (tertiary/aromatic N) is 1. The summed E-state index contributed by atoms with van der Waals surface area (Å²) in [6.45, 7) is 1.11. The van der Waals surface area contributed by atoms with Gasteiger partial charge in [-0.3, -0.25) is 4.90 Å². The van der Waals surface area contributed by atoms with Gasteiger partial charge in [-0.2, -0.15) is 0 Å². The second kappa shape index (κ2) is 7.27. The van der Waals surface area contributed by atoms with Crippen LogP contribution in [0.2, 0.25) is 0 Å². The van der Waals surface area contributed by atoms with Crippen LogP contribution in [0.4, 0.5) is 4.79 Å². The zero-order chi connectivity index (χ0) is 16.9. The highest BCUT2D eigenvalue weighted by Gasteiger charge is 2.18. The van der Waals surface area contributed by atoms with Crippen molar-refractivity contribution in [3.63, 3.8) is 0 Å². The summed E-state index contributed by atoms with van der Waals surface area (Å²) in [5.41, 5.74) is 0.949. The van der Waals surface area contributed by atoms with Crippen molar-refractivity contribution in [2.45, 2.75) is 12.6 Å². The second-order valence-electron chi connectivity index (χ2n) is 5.75. The highest BCUT2D eigenvalue weighted by Crippen LogP contribution is 2.32. The van der Waals surface area contributed by atoms with E-state index in [4.69, 9.17) is 13.9 Å². The first-order valence-electron chi connectivity index (χ1n) is 7.73. The largest absolute Gasteiger partial charge is 0.468 e. The van der Waals surface area contributed by atoms with Crippen LogP contribution < -0.4 is 20.1 Å². The number of nitrogens with one attached hydrogen (secondary N) is 2. The van der Waals surface area contributed by atoms with Crippen LogP contribution in [0.3, 0.4) is 0 Å². The molecule has 7 heteroatoms. The lowest BCUT2D eigenvalue weighted by Crippen LogP contribution is -2.40. The lowest BCUT2D eigenvalue weighted by molar-refractivity contribution is 0.174. The fraction of sp³-hybridized carbons (Fsp3) is 0.353. The Morgan fingerprint density at radius 1 is 1.21 bits per heavy atom. The number of hydrogen-bond donors (Lipinski definition) is 2. The summed E-state index contributed by atoms with van der Waals surface area (Å²) in [6.07, 6.45) is 1.63. The minimum Gasteiger partial charge on any atom is -0.468 e. The number of likely N-dealkylation sites (N-methyl/N-ethyl adjacent to an activating group) is 1. The lowest BCUT2D eigenvalue weighted by Gasteiger charge is -2.22. The quantitative estimate of drug-likeness (QED) is 0.848. The first-order valence-corrected chi connectivity index (χ1v) is 7.73. The van der Waals surface area contributed by atoms with Crippen LogP contribution in [-0.4, -0.2) is 38.4 Å². The van der Waals surface area contributed by atoms with Gasteiger partial charge >= 0.3 is 6.03 Å².